The van der Waals surface area contributed by atoms with E-state index in [0.29, 0.717) is 25.1 Å². The molecule has 0 spiro atoms. The van der Waals surface area contributed by atoms with Gasteiger partial charge in [0, 0.05) is 25.6 Å². The summed E-state index contributed by atoms with van der Waals surface area (Å²) in [5, 5.41) is 2.82. The number of benzene rings is 1. The van der Waals surface area contributed by atoms with Gasteiger partial charge in [-0.3, -0.25) is 9.59 Å². The van der Waals surface area contributed by atoms with E-state index in [1.54, 1.807) is 43.0 Å². The summed E-state index contributed by atoms with van der Waals surface area (Å²) in [5.74, 6) is -0.212. The SMILES string of the molecule is CC(C)NS(=O)(=O)Cc1ccc(CNC(=O)CN2CCCCCC2=O)cc1. The molecule has 0 radical (unpaired) electrons. The van der Waals surface area contributed by atoms with E-state index in [-0.39, 0.29) is 30.2 Å². The van der Waals surface area contributed by atoms with Gasteiger partial charge in [0.2, 0.25) is 21.8 Å². The minimum atomic E-state index is -3.35. The molecule has 2 rings (SSSR count). The second-order valence-corrected chi connectivity index (χ2v) is 9.00. The van der Waals surface area contributed by atoms with Crippen LogP contribution in [0.25, 0.3) is 0 Å². The fourth-order valence-electron chi connectivity index (χ4n) is 3.01. The molecule has 1 aromatic carbocycles. The van der Waals surface area contributed by atoms with Crippen molar-refractivity contribution in [2.75, 3.05) is 13.1 Å². The number of hydrogen-bond donors (Lipinski definition) is 2. The Kier molecular flexibility index (Phi) is 7.79. The summed E-state index contributed by atoms with van der Waals surface area (Å²) in [4.78, 5) is 25.7. The first kappa shape index (κ1) is 21.4. The van der Waals surface area contributed by atoms with Gasteiger partial charge in [-0.25, -0.2) is 13.1 Å². The molecule has 0 saturated carbocycles. The van der Waals surface area contributed by atoms with Crippen LogP contribution in [0.3, 0.4) is 0 Å². The lowest BCUT2D eigenvalue weighted by Crippen LogP contribution is -2.40. The van der Waals surface area contributed by atoms with E-state index in [9.17, 15) is 18.0 Å². The molecule has 1 aliphatic rings. The average molecular weight is 396 g/mol. The van der Waals surface area contributed by atoms with Gasteiger partial charge in [-0.1, -0.05) is 30.7 Å². The molecule has 0 aromatic heterocycles. The van der Waals surface area contributed by atoms with Crippen molar-refractivity contribution < 1.29 is 18.0 Å². The number of rotatable bonds is 8. The lowest BCUT2D eigenvalue weighted by Gasteiger charge is -2.19. The third-order valence-electron chi connectivity index (χ3n) is 4.29. The van der Waals surface area contributed by atoms with Crippen molar-refractivity contribution in [3.05, 3.63) is 35.4 Å². The maximum Gasteiger partial charge on any atom is 0.239 e. The van der Waals surface area contributed by atoms with Crippen molar-refractivity contribution in [2.45, 2.75) is 57.9 Å². The van der Waals surface area contributed by atoms with Gasteiger partial charge in [0.05, 0.1) is 12.3 Å². The molecule has 0 atom stereocenters. The van der Waals surface area contributed by atoms with Crippen LogP contribution < -0.4 is 10.0 Å². The van der Waals surface area contributed by atoms with Gasteiger partial charge in [0.25, 0.3) is 0 Å². The van der Waals surface area contributed by atoms with E-state index in [4.69, 9.17) is 0 Å². The van der Waals surface area contributed by atoms with Crippen molar-refractivity contribution >= 4 is 21.8 Å². The summed E-state index contributed by atoms with van der Waals surface area (Å²) >= 11 is 0. The molecule has 2 amide bonds. The van der Waals surface area contributed by atoms with Crippen LogP contribution in [0.15, 0.2) is 24.3 Å². The number of sulfonamides is 1. The lowest BCUT2D eigenvalue weighted by molar-refractivity contribution is -0.135. The van der Waals surface area contributed by atoms with E-state index < -0.39 is 10.0 Å². The molecular formula is C19H29N3O4S. The quantitative estimate of drug-likeness (QED) is 0.698. The summed E-state index contributed by atoms with van der Waals surface area (Å²) in [6.45, 7) is 4.64. The molecule has 1 fully saturated rings. The molecule has 0 unspecified atom stereocenters. The smallest absolute Gasteiger partial charge is 0.239 e. The zero-order chi connectivity index (χ0) is 19.9. The molecule has 1 saturated heterocycles. The zero-order valence-electron chi connectivity index (χ0n) is 16.0. The van der Waals surface area contributed by atoms with Gasteiger partial charge < -0.3 is 10.2 Å². The molecule has 1 heterocycles. The second-order valence-electron chi connectivity index (χ2n) is 7.25. The topological polar surface area (TPSA) is 95.6 Å². The Balaban J connectivity index is 1.82. The van der Waals surface area contributed by atoms with E-state index in [1.165, 1.54) is 0 Å². The molecule has 2 N–H and O–H groups in total. The number of nitrogens with zero attached hydrogens (tertiary/aromatic N) is 1. The standard InChI is InChI=1S/C19H29N3O4S/c1-15(2)21-27(25,26)14-17-9-7-16(8-10-17)12-20-18(23)13-22-11-5-3-4-6-19(22)24/h7-10,15,21H,3-6,11-14H2,1-2H3,(H,20,23). The van der Waals surface area contributed by atoms with Crippen molar-refractivity contribution in [1.82, 2.24) is 14.9 Å². The van der Waals surface area contributed by atoms with E-state index in [2.05, 4.69) is 10.0 Å². The molecule has 1 aromatic rings. The van der Waals surface area contributed by atoms with E-state index in [0.717, 1.165) is 24.8 Å². The lowest BCUT2D eigenvalue weighted by atomic mass is 10.1. The van der Waals surface area contributed by atoms with Crippen LogP contribution >= 0.6 is 0 Å². The monoisotopic (exact) mass is 395 g/mol. The fraction of sp³-hybridized carbons (Fsp3) is 0.579. The maximum absolute atomic E-state index is 12.1. The Morgan fingerprint density at radius 3 is 2.44 bits per heavy atom. The Labute approximate surface area is 161 Å². The number of hydrogen-bond acceptors (Lipinski definition) is 4. The van der Waals surface area contributed by atoms with E-state index >= 15 is 0 Å². The average Bonchev–Trinajstić information content (AvgIpc) is 2.77. The number of nitrogens with one attached hydrogen (secondary N) is 2. The first-order valence-corrected chi connectivity index (χ1v) is 11.0. The molecule has 27 heavy (non-hydrogen) atoms. The third kappa shape index (κ3) is 7.68. The largest absolute Gasteiger partial charge is 0.350 e. The maximum atomic E-state index is 12.1. The minimum absolute atomic E-state index is 0.0446. The highest BCUT2D eigenvalue weighted by Crippen LogP contribution is 2.11. The van der Waals surface area contributed by atoms with Crippen LogP contribution in [0.2, 0.25) is 0 Å². The highest BCUT2D eigenvalue weighted by Gasteiger charge is 2.19. The van der Waals surface area contributed by atoms with Crippen molar-refractivity contribution in [3.8, 4) is 0 Å². The molecule has 1 aliphatic heterocycles. The summed E-state index contributed by atoms with van der Waals surface area (Å²) in [6.07, 6.45) is 3.38. The number of carbonyl (C=O) groups is 2. The Morgan fingerprint density at radius 1 is 1.11 bits per heavy atom. The van der Waals surface area contributed by atoms with Gasteiger partial charge in [-0.15, -0.1) is 0 Å². The predicted octanol–water partition coefficient (Wildman–Crippen LogP) is 1.53. The van der Waals surface area contributed by atoms with Gasteiger partial charge in [0.1, 0.15) is 0 Å². The molecule has 7 nitrogen and oxygen atoms in total. The van der Waals surface area contributed by atoms with Gasteiger partial charge in [0.15, 0.2) is 0 Å². The minimum Gasteiger partial charge on any atom is -0.350 e. The Morgan fingerprint density at radius 2 is 1.78 bits per heavy atom. The van der Waals surface area contributed by atoms with Crippen LogP contribution in [-0.4, -0.2) is 44.3 Å². The molecular weight excluding hydrogens is 366 g/mol. The Bertz CT molecular complexity index is 745. The number of amides is 2. The van der Waals surface area contributed by atoms with Crippen LogP contribution in [0.5, 0.6) is 0 Å². The summed E-state index contributed by atoms with van der Waals surface area (Å²) in [6, 6.07) is 6.97. The van der Waals surface area contributed by atoms with Crippen molar-refractivity contribution in [2.24, 2.45) is 0 Å². The van der Waals surface area contributed by atoms with Crippen molar-refractivity contribution in [3.63, 3.8) is 0 Å². The van der Waals surface area contributed by atoms with Gasteiger partial charge in [-0.05, 0) is 37.8 Å². The molecule has 0 aliphatic carbocycles. The van der Waals surface area contributed by atoms with Crippen molar-refractivity contribution in [1.29, 1.82) is 0 Å². The number of likely N-dealkylation sites (tertiary alicyclic amines) is 1. The highest BCUT2D eigenvalue weighted by molar-refractivity contribution is 7.88. The fourth-order valence-corrected chi connectivity index (χ4v) is 4.44. The predicted molar refractivity (Wildman–Crippen MR) is 104 cm³/mol. The second kappa shape index (κ2) is 9.85. The first-order chi connectivity index (χ1) is 12.7. The number of carbonyl (C=O) groups excluding carboxylic acids is 2. The van der Waals surface area contributed by atoms with Crippen LogP contribution in [0.4, 0.5) is 0 Å². The Hall–Kier alpha value is -1.93. The highest BCUT2D eigenvalue weighted by atomic mass is 32.2. The first-order valence-electron chi connectivity index (χ1n) is 9.37. The summed E-state index contributed by atoms with van der Waals surface area (Å²) in [7, 11) is -3.35. The molecule has 0 bridgehead atoms. The zero-order valence-corrected chi connectivity index (χ0v) is 16.8. The molecule has 8 heteroatoms. The van der Waals surface area contributed by atoms with Gasteiger partial charge >= 0.3 is 0 Å². The van der Waals surface area contributed by atoms with Crippen LogP contribution in [-0.2, 0) is 31.9 Å². The summed E-state index contributed by atoms with van der Waals surface area (Å²) in [5.41, 5.74) is 1.57. The van der Waals surface area contributed by atoms with Gasteiger partial charge in [-0.2, -0.15) is 0 Å². The van der Waals surface area contributed by atoms with Crippen LogP contribution in [0, 0.1) is 0 Å². The normalized spacial score (nSPS) is 15.7. The van der Waals surface area contributed by atoms with E-state index in [1.807, 2.05) is 0 Å². The summed E-state index contributed by atoms with van der Waals surface area (Å²) < 4.78 is 26.5. The molecule has 150 valence electrons. The third-order valence-corrected chi connectivity index (χ3v) is 5.83. The van der Waals surface area contributed by atoms with Crippen LogP contribution in [0.1, 0.15) is 50.7 Å².